The van der Waals surface area contributed by atoms with E-state index in [4.69, 9.17) is 5.26 Å². The summed E-state index contributed by atoms with van der Waals surface area (Å²) >= 11 is 0. The largest absolute Gasteiger partial charge is 0.341 e. The third-order valence-corrected chi connectivity index (χ3v) is 3.87. The van der Waals surface area contributed by atoms with Crippen molar-refractivity contribution in [3.05, 3.63) is 35.4 Å². The lowest BCUT2D eigenvalue weighted by molar-refractivity contribution is -0.131. The van der Waals surface area contributed by atoms with E-state index in [1.165, 1.54) is 25.7 Å². The fourth-order valence-corrected chi connectivity index (χ4v) is 2.66. The minimum atomic E-state index is 0.233. The molecule has 2 rings (SSSR count). The van der Waals surface area contributed by atoms with Gasteiger partial charge in [-0.3, -0.25) is 4.79 Å². The summed E-state index contributed by atoms with van der Waals surface area (Å²) in [6.45, 7) is 0.622. The van der Waals surface area contributed by atoms with Gasteiger partial charge in [-0.1, -0.05) is 25.0 Å². The van der Waals surface area contributed by atoms with Gasteiger partial charge in [-0.2, -0.15) is 5.26 Å². The molecule has 19 heavy (non-hydrogen) atoms. The average molecular weight is 256 g/mol. The van der Waals surface area contributed by atoms with Crippen molar-refractivity contribution >= 4 is 5.91 Å². The van der Waals surface area contributed by atoms with Crippen molar-refractivity contribution in [1.29, 1.82) is 5.26 Å². The predicted octanol–water partition coefficient (Wildman–Crippen LogP) is 3.10. The lowest BCUT2D eigenvalue weighted by atomic mass is 10.0. The molecule has 1 aromatic rings. The van der Waals surface area contributed by atoms with Crippen LogP contribution < -0.4 is 0 Å². The highest BCUT2D eigenvalue weighted by Crippen LogP contribution is 2.28. The van der Waals surface area contributed by atoms with Crippen LogP contribution in [0.5, 0.6) is 0 Å². The maximum absolute atomic E-state index is 12.1. The van der Waals surface area contributed by atoms with Crippen molar-refractivity contribution < 1.29 is 4.79 Å². The van der Waals surface area contributed by atoms with Crippen LogP contribution in [-0.2, 0) is 11.3 Å². The van der Waals surface area contributed by atoms with Crippen molar-refractivity contribution in [2.24, 2.45) is 5.92 Å². The second-order valence-electron chi connectivity index (χ2n) is 5.41. The zero-order valence-electron chi connectivity index (χ0n) is 11.4. The summed E-state index contributed by atoms with van der Waals surface area (Å²) in [5.41, 5.74) is 1.73. The number of carbonyl (C=O) groups is 1. The van der Waals surface area contributed by atoms with Gasteiger partial charge in [0.1, 0.15) is 0 Å². The molecule has 0 aliphatic heterocycles. The fraction of sp³-hybridized carbons (Fsp3) is 0.500. The van der Waals surface area contributed by atoms with Crippen molar-refractivity contribution in [2.45, 2.75) is 38.6 Å². The summed E-state index contributed by atoms with van der Waals surface area (Å²) < 4.78 is 0. The second-order valence-corrected chi connectivity index (χ2v) is 5.41. The van der Waals surface area contributed by atoms with Crippen molar-refractivity contribution in [1.82, 2.24) is 4.90 Å². The lowest BCUT2D eigenvalue weighted by Crippen LogP contribution is -2.27. The quantitative estimate of drug-likeness (QED) is 0.831. The highest BCUT2D eigenvalue weighted by Gasteiger charge is 2.20. The first-order valence-corrected chi connectivity index (χ1v) is 6.92. The smallest absolute Gasteiger partial charge is 0.222 e. The van der Waals surface area contributed by atoms with E-state index >= 15 is 0 Å². The van der Waals surface area contributed by atoms with Crippen LogP contribution in [0.4, 0.5) is 0 Å². The van der Waals surface area contributed by atoms with E-state index in [0.717, 1.165) is 5.56 Å². The van der Waals surface area contributed by atoms with Crippen LogP contribution in [0, 0.1) is 17.2 Å². The number of nitrogens with zero attached hydrogens (tertiary/aromatic N) is 2. The molecule has 0 spiro atoms. The van der Waals surface area contributed by atoms with Crippen LogP contribution in [0.25, 0.3) is 0 Å². The molecule has 3 nitrogen and oxygen atoms in total. The third-order valence-electron chi connectivity index (χ3n) is 3.87. The predicted molar refractivity (Wildman–Crippen MR) is 74.2 cm³/mol. The van der Waals surface area contributed by atoms with Gasteiger partial charge in [-0.25, -0.2) is 0 Å². The standard InChI is InChI=1S/C16H20N2O/c1-18(16(19)10-13-4-2-3-5-13)12-15-8-6-14(11-17)7-9-15/h6-9,13H,2-5,10,12H2,1H3. The second kappa shape index (κ2) is 6.38. The van der Waals surface area contributed by atoms with Crippen molar-refractivity contribution in [3.63, 3.8) is 0 Å². The Morgan fingerprint density at radius 1 is 1.32 bits per heavy atom. The van der Waals surface area contributed by atoms with Gasteiger partial charge in [-0.15, -0.1) is 0 Å². The van der Waals surface area contributed by atoms with Crippen LogP contribution in [0.2, 0.25) is 0 Å². The normalized spacial score (nSPS) is 15.2. The number of hydrogen-bond donors (Lipinski definition) is 0. The number of carbonyl (C=O) groups excluding carboxylic acids is 1. The Balaban J connectivity index is 1.86. The molecule has 1 amide bonds. The molecule has 1 aliphatic carbocycles. The van der Waals surface area contributed by atoms with E-state index in [1.807, 2.05) is 19.2 Å². The number of nitriles is 1. The number of hydrogen-bond acceptors (Lipinski definition) is 2. The summed E-state index contributed by atoms with van der Waals surface area (Å²) in [5, 5.41) is 8.74. The average Bonchev–Trinajstić information content (AvgIpc) is 2.92. The number of rotatable bonds is 4. The Bertz CT molecular complexity index is 467. The Kier molecular flexibility index (Phi) is 4.57. The van der Waals surface area contributed by atoms with Gasteiger partial charge in [0.15, 0.2) is 0 Å². The molecule has 1 fully saturated rings. The highest BCUT2D eigenvalue weighted by molar-refractivity contribution is 5.76. The molecule has 0 atom stereocenters. The third kappa shape index (κ3) is 3.82. The zero-order chi connectivity index (χ0) is 13.7. The van der Waals surface area contributed by atoms with Gasteiger partial charge in [0.05, 0.1) is 11.6 Å². The molecule has 1 saturated carbocycles. The first-order chi connectivity index (χ1) is 9.19. The van der Waals surface area contributed by atoms with Crippen molar-refractivity contribution in [3.8, 4) is 6.07 Å². The van der Waals surface area contributed by atoms with Crippen LogP contribution in [0.15, 0.2) is 24.3 Å². The van der Waals surface area contributed by atoms with E-state index in [1.54, 1.807) is 17.0 Å². The van der Waals surface area contributed by atoms with Gasteiger partial charge in [0, 0.05) is 20.0 Å². The number of benzene rings is 1. The van der Waals surface area contributed by atoms with Gasteiger partial charge in [-0.05, 0) is 36.5 Å². The Labute approximate surface area is 114 Å². The van der Waals surface area contributed by atoms with E-state index in [-0.39, 0.29) is 5.91 Å². The molecular formula is C16H20N2O. The maximum Gasteiger partial charge on any atom is 0.222 e. The molecule has 100 valence electrons. The molecule has 0 saturated heterocycles. The molecule has 0 unspecified atom stereocenters. The Hall–Kier alpha value is -1.82. The van der Waals surface area contributed by atoms with Gasteiger partial charge in [0.2, 0.25) is 5.91 Å². The van der Waals surface area contributed by atoms with Crippen LogP contribution >= 0.6 is 0 Å². The summed E-state index contributed by atoms with van der Waals surface area (Å²) in [4.78, 5) is 13.9. The van der Waals surface area contributed by atoms with Crippen molar-refractivity contribution in [2.75, 3.05) is 7.05 Å². The molecule has 1 aromatic carbocycles. The minimum absolute atomic E-state index is 0.233. The monoisotopic (exact) mass is 256 g/mol. The zero-order valence-corrected chi connectivity index (χ0v) is 11.4. The summed E-state index contributed by atoms with van der Waals surface area (Å²) in [5.74, 6) is 0.826. The van der Waals surface area contributed by atoms with Crippen LogP contribution in [0.1, 0.15) is 43.2 Å². The van der Waals surface area contributed by atoms with E-state index in [0.29, 0.717) is 24.4 Å². The van der Waals surface area contributed by atoms with Crippen LogP contribution in [0.3, 0.4) is 0 Å². The maximum atomic E-state index is 12.1. The van der Waals surface area contributed by atoms with E-state index in [9.17, 15) is 4.79 Å². The Morgan fingerprint density at radius 3 is 2.53 bits per heavy atom. The summed E-state index contributed by atoms with van der Waals surface area (Å²) in [7, 11) is 1.86. The molecular weight excluding hydrogens is 236 g/mol. The molecule has 3 heteroatoms. The van der Waals surface area contributed by atoms with Gasteiger partial charge < -0.3 is 4.90 Å². The number of amides is 1. The van der Waals surface area contributed by atoms with Crippen LogP contribution in [-0.4, -0.2) is 17.9 Å². The summed E-state index contributed by atoms with van der Waals surface area (Å²) in [6.07, 6.45) is 5.65. The molecule has 0 bridgehead atoms. The molecule has 0 N–H and O–H groups in total. The fourth-order valence-electron chi connectivity index (χ4n) is 2.66. The highest BCUT2D eigenvalue weighted by atomic mass is 16.2. The summed E-state index contributed by atoms with van der Waals surface area (Å²) in [6, 6.07) is 9.52. The molecule has 0 heterocycles. The SMILES string of the molecule is CN(Cc1ccc(C#N)cc1)C(=O)CC1CCCC1. The molecule has 1 aliphatic rings. The Morgan fingerprint density at radius 2 is 1.95 bits per heavy atom. The van der Waals surface area contributed by atoms with E-state index in [2.05, 4.69) is 6.07 Å². The molecule has 0 radical (unpaired) electrons. The van der Waals surface area contributed by atoms with Gasteiger partial charge in [0.25, 0.3) is 0 Å². The molecule has 0 aromatic heterocycles. The minimum Gasteiger partial charge on any atom is -0.341 e. The first kappa shape index (κ1) is 13.6. The topological polar surface area (TPSA) is 44.1 Å². The first-order valence-electron chi connectivity index (χ1n) is 6.92. The van der Waals surface area contributed by atoms with Gasteiger partial charge >= 0.3 is 0 Å². The van der Waals surface area contributed by atoms with E-state index < -0.39 is 0 Å². The lowest BCUT2D eigenvalue weighted by Gasteiger charge is -2.19.